The van der Waals surface area contributed by atoms with Crippen LogP contribution < -0.4 is 5.32 Å². The average molecular weight is 676 g/mol. The summed E-state index contributed by atoms with van der Waals surface area (Å²) in [4.78, 5) is 24.4. The molecule has 0 rings (SSSR count). The molecule has 5 heteroatoms. The minimum atomic E-state index is -0.0597. The Labute approximate surface area is 300 Å². The quantitative estimate of drug-likeness (QED) is 0.0308. The number of hydrogen-bond donors (Lipinski definition) is 1. The first kappa shape index (κ1) is 46.4. The van der Waals surface area contributed by atoms with E-state index in [2.05, 4.69) is 57.6 Å². The van der Waals surface area contributed by atoms with Gasteiger partial charge in [-0.2, -0.15) is 0 Å². The molecular formula is C43H83N2O3+. The van der Waals surface area contributed by atoms with Gasteiger partial charge in [-0.3, -0.25) is 9.59 Å². The van der Waals surface area contributed by atoms with Gasteiger partial charge in [0.2, 0.25) is 5.91 Å². The van der Waals surface area contributed by atoms with Gasteiger partial charge in [0.15, 0.2) is 0 Å². The van der Waals surface area contributed by atoms with Crippen LogP contribution >= 0.6 is 0 Å². The molecule has 1 amide bonds. The van der Waals surface area contributed by atoms with E-state index >= 15 is 0 Å². The normalized spacial score (nSPS) is 12.0. The van der Waals surface area contributed by atoms with Crippen LogP contribution in [0.1, 0.15) is 200 Å². The van der Waals surface area contributed by atoms with E-state index in [9.17, 15) is 9.59 Å². The van der Waals surface area contributed by atoms with Gasteiger partial charge in [-0.25, -0.2) is 0 Å². The number of nitrogens with zero attached hydrogens (tertiary/aromatic N) is 1. The lowest BCUT2D eigenvalue weighted by Gasteiger charge is -2.29. The van der Waals surface area contributed by atoms with Crippen LogP contribution in [0.15, 0.2) is 24.3 Å². The molecule has 0 fully saturated rings. The number of quaternary nitrogens is 1. The molecule has 0 unspecified atom stereocenters. The third-order valence-electron chi connectivity index (χ3n) is 9.53. The largest absolute Gasteiger partial charge is 0.460 e. The van der Waals surface area contributed by atoms with Crippen molar-refractivity contribution in [3.05, 3.63) is 24.3 Å². The van der Waals surface area contributed by atoms with E-state index in [1.165, 1.54) is 141 Å². The number of hydrogen-bond acceptors (Lipinski definition) is 3. The fourth-order valence-corrected chi connectivity index (χ4v) is 6.11. The van der Waals surface area contributed by atoms with Gasteiger partial charge in [-0.05, 0) is 64.2 Å². The van der Waals surface area contributed by atoms with Crippen LogP contribution in [-0.2, 0) is 14.3 Å². The maximum Gasteiger partial charge on any atom is 0.305 e. The zero-order valence-electron chi connectivity index (χ0n) is 32.8. The second kappa shape index (κ2) is 36.7. The molecule has 0 atom stereocenters. The highest BCUT2D eigenvalue weighted by atomic mass is 16.5. The van der Waals surface area contributed by atoms with E-state index < -0.39 is 0 Å². The number of likely N-dealkylation sites (N-methyl/N-ethyl adjacent to an activating group) is 1. The van der Waals surface area contributed by atoms with Gasteiger partial charge >= 0.3 is 5.97 Å². The van der Waals surface area contributed by atoms with E-state index in [1.807, 2.05) is 0 Å². The first-order valence-electron chi connectivity index (χ1n) is 21.0. The topological polar surface area (TPSA) is 55.4 Å². The van der Waals surface area contributed by atoms with E-state index in [-0.39, 0.29) is 11.9 Å². The van der Waals surface area contributed by atoms with Gasteiger partial charge in [0.05, 0.1) is 20.6 Å². The molecule has 0 aromatic rings. The minimum absolute atomic E-state index is 0.0597. The van der Waals surface area contributed by atoms with Crippen LogP contribution in [0.4, 0.5) is 0 Å². The van der Waals surface area contributed by atoms with E-state index in [0.29, 0.717) is 19.4 Å². The smallest absolute Gasteiger partial charge is 0.305 e. The Morgan fingerprint density at radius 1 is 0.500 bits per heavy atom. The summed E-state index contributed by atoms with van der Waals surface area (Å²) in [5, 5.41) is 3.09. The summed E-state index contributed by atoms with van der Waals surface area (Å²) in [5.74, 6) is 0.123. The van der Waals surface area contributed by atoms with Gasteiger partial charge in [0.1, 0.15) is 13.2 Å². The maximum absolute atomic E-state index is 12.2. The van der Waals surface area contributed by atoms with Gasteiger partial charge in [-0.1, -0.05) is 141 Å². The molecule has 0 saturated heterocycles. The van der Waals surface area contributed by atoms with Crippen molar-refractivity contribution < 1.29 is 18.8 Å². The highest BCUT2D eigenvalue weighted by Crippen LogP contribution is 2.12. The molecule has 0 saturated carbocycles. The molecule has 0 aliphatic rings. The molecule has 48 heavy (non-hydrogen) atoms. The number of carbonyl (C=O) groups excluding carboxylic acids is 2. The van der Waals surface area contributed by atoms with Crippen molar-refractivity contribution in [2.75, 3.05) is 40.3 Å². The van der Waals surface area contributed by atoms with Gasteiger partial charge < -0.3 is 14.5 Å². The molecule has 5 nitrogen and oxygen atoms in total. The summed E-state index contributed by atoms with van der Waals surface area (Å²) in [6.07, 6.45) is 44.6. The number of nitrogens with one attached hydrogen (secondary N) is 1. The summed E-state index contributed by atoms with van der Waals surface area (Å²) in [6.45, 7) is 7.50. The van der Waals surface area contributed by atoms with Crippen molar-refractivity contribution in [3.8, 4) is 0 Å². The molecule has 1 N–H and O–H groups in total. The lowest BCUT2D eigenvalue weighted by Crippen LogP contribution is -2.44. The monoisotopic (exact) mass is 676 g/mol. The lowest BCUT2D eigenvalue weighted by atomic mass is 10.1. The van der Waals surface area contributed by atoms with Crippen molar-refractivity contribution in [3.63, 3.8) is 0 Å². The first-order chi connectivity index (χ1) is 23.4. The summed E-state index contributed by atoms with van der Waals surface area (Å²) < 4.78 is 6.32. The van der Waals surface area contributed by atoms with Crippen LogP contribution in [0.2, 0.25) is 0 Å². The third-order valence-corrected chi connectivity index (χ3v) is 9.53. The Kier molecular flexibility index (Phi) is 35.4. The Morgan fingerprint density at radius 3 is 1.35 bits per heavy atom. The molecule has 0 aliphatic heterocycles. The Balaban J connectivity index is 3.53. The van der Waals surface area contributed by atoms with Crippen molar-refractivity contribution in [2.45, 2.75) is 200 Å². The van der Waals surface area contributed by atoms with Crippen molar-refractivity contribution in [1.82, 2.24) is 5.32 Å². The Bertz CT molecular complexity index is 761. The zero-order chi connectivity index (χ0) is 35.2. The molecule has 0 aromatic heterocycles. The molecule has 0 bridgehead atoms. The second-order valence-corrected chi connectivity index (χ2v) is 15.0. The predicted octanol–water partition coefficient (Wildman–Crippen LogP) is 12.2. The van der Waals surface area contributed by atoms with E-state index in [4.69, 9.17) is 4.74 Å². The number of rotatable bonds is 37. The third kappa shape index (κ3) is 37.2. The molecule has 0 aromatic carbocycles. The predicted molar refractivity (Wildman–Crippen MR) is 209 cm³/mol. The van der Waals surface area contributed by atoms with E-state index in [0.717, 1.165) is 56.2 Å². The number of amides is 1. The summed E-state index contributed by atoms with van der Waals surface area (Å²) >= 11 is 0. The van der Waals surface area contributed by atoms with Crippen molar-refractivity contribution in [1.29, 1.82) is 0 Å². The van der Waals surface area contributed by atoms with Gasteiger partial charge in [0, 0.05) is 25.8 Å². The molecule has 282 valence electrons. The van der Waals surface area contributed by atoms with Crippen LogP contribution in [0, 0.1) is 0 Å². The van der Waals surface area contributed by atoms with Crippen molar-refractivity contribution >= 4 is 11.9 Å². The molecule has 0 spiro atoms. The number of unbranched alkanes of at least 4 members (excludes halogenated alkanes) is 22. The maximum atomic E-state index is 12.2. The standard InChI is InChI=1S/C43H82N2O3/c1-5-7-9-11-13-15-17-19-21-23-25-27-29-31-33-36-42(46)44-38-35-39-45(3,4)40-41-48-43(47)37-34-32-30-28-26-24-22-20-18-16-14-12-10-8-6-2/h19-22H,5-18,23-41H2,1-4H3/p+1/b21-19-,22-20-. The lowest BCUT2D eigenvalue weighted by molar-refractivity contribution is -0.890. The highest BCUT2D eigenvalue weighted by Gasteiger charge is 2.16. The zero-order valence-corrected chi connectivity index (χ0v) is 32.8. The molecular weight excluding hydrogens is 592 g/mol. The van der Waals surface area contributed by atoms with E-state index in [1.54, 1.807) is 0 Å². The molecule has 0 aliphatic carbocycles. The Morgan fingerprint density at radius 2 is 0.896 bits per heavy atom. The first-order valence-corrected chi connectivity index (χ1v) is 21.0. The van der Waals surface area contributed by atoms with Crippen LogP contribution in [0.5, 0.6) is 0 Å². The average Bonchev–Trinajstić information content (AvgIpc) is 3.06. The molecule has 0 heterocycles. The molecule has 0 radical (unpaired) electrons. The second-order valence-electron chi connectivity index (χ2n) is 15.0. The minimum Gasteiger partial charge on any atom is -0.460 e. The number of allylic oxidation sites excluding steroid dienone is 4. The Hall–Kier alpha value is -1.62. The summed E-state index contributed by atoms with van der Waals surface area (Å²) in [6, 6.07) is 0. The summed E-state index contributed by atoms with van der Waals surface area (Å²) in [5.41, 5.74) is 0. The van der Waals surface area contributed by atoms with Gasteiger partial charge in [0.25, 0.3) is 0 Å². The number of ether oxygens (including phenoxy) is 1. The van der Waals surface area contributed by atoms with Crippen LogP contribution in [0.25, 0.3) is 0 Å². The van der Waals surface area contributed by atoms with Crippen LogP contribution in [-0.4, -0.2) is 56.7 Å². The number of carbonyl (C=O) groups is 2. The fourth-order valence-electron chi connectivity index (χ4n) is 6.11. The highest BCUT2D eigenvalue weighted by molar-refractivity contribution is 5.75. The fraction of sp³-hybridized carbons (Fsp3) is 0.860. The SMILES string of the molecule is CCCCCCCC/C=C\CCCCCCCC(=O)NCCC[N+](C)(C)CCOC(=O)CCCCCCC/C=C\CCCCCCCC. The van der Waals surface area contributed by atoms with Crippen LogP contribution in [0.3, 0.4) is 0 Å². The van der Waals surface area contributed by atoms with Crippen molar-refractivity contribution in [2.24, 2.45) is 0 Å². The van der Waals surface area contributed by atoms with Gasteiger partial charge in [-0.15, -0.1) is 0 Å². The summed E-state index contributed by atoms with van der Waals surface area (Å²) in [7, 11) is 4.34. The number of esters is 1.